The molecule has 0 aromatic rings. The van der Waals surface area contributed by atoms with Crippen molar-refractivity contribution in [3.63, 3.8) is 0 Å². The van der Waals surface area contributed by atoms with E-state index in [1.807, 2.05) is 6.92 Å². The summed E-state index contributed by atoms with van der Waals surface area (Å²) in [6.45, 7) is 3.67. The number of aliphatic hydroxyl groups is 6. The number of aliphatic hydroxyl groups excluding tert-OH is 4. The van der Waals surface area contributed by atoms with Crippen molar-refractivity contribution in [1.82, 2.24) is 0 Å². The Morgan fingerprint density at radius 3 is 2.40 bits per heavy atom. The predicted octanol–water partition coefficient (Wildman–Crippen LogP) is -0.305. The number of fused-ring (bicyclic) bond motifs is 5. The molecule has 6 rings (SSSR count). The molecule has 4 saturated carbocycles. The molecule has 1 saturated heterocycles. The zero-order valence-corrected chi connectivity index (χ0v) is 24.3. The van der Waals surface area contributed by atoms with Crippen LogP contribution in [0, 0.1) is 28.6 Å². The van der Waals surface area contributed by atoms with E-state index in [2.05, 4.69) is 0 Å². The average Bonchev–Trinajstić information content (AvgIpc) is 3.49. The number of ether oxygens (including phenoxy) is 4. The Hall–Kier alpha value is -1.64. The van der Waals surface area contributed by atoms with E-state index in [0.717, 1.165) is 5.57 Å². The molecule has 14 unspecified atom stereocenters. The molecule has 4 aliphatic carbocycles. The van der Waals surface area contributed by atoms with Gasteiger partial charge in [0.25, 0.3) is 0 Å². The molecular weight excluding hydrogens is 552 g/mol. The van der Waals surface area contributed by atoms with Crippen LogP contribution in [0.25, 0.3) is 0 Å². The topological polar surface area (TPSA) is 192 Å². The van der Waals surface area contributed by atoms with Gasteiger partial charge in [0.05, 0.1) is 36.6 Å². The number of methoxy groups -OCH3 is 1. The summed E-state index contributed by atoms with van der Waals surface area (Å²) in [4.78, 5) is 25.6. The summed E-state index contributed by atoms with van der Waals surface area (Å²) in [6, 6.07) is 0. The van der Waals surface area contributed by atoms with Gasteiger partial charge in [0.15, 0.2) is 6.29 Å². The first-order valence-corrected chi connectivity index (χ1v) is 15.2. The van der Waals surface area contributed by atoms with Crippen molar-refractivity contribution < 1.29 is 59.2 Å². The number of hydrogen-bond donors (Lipinski definition) is 6. The zero-order chi connectivity index (χ0) is 30.4. The minimum Gasteiger partial charge on any atom is -0.468 e. The second-order valence-corrected chi connectivity index (χ2v) is 13.9. The van der Waals surface area contributed by atoms with Crippen LogP contribution in [0.2, 0.25) is 0 Å². The number of carbonyl (C=O) groups is 2. The Labute approximate surface area is 244 Å². The molecule has 0 amide bonds. The average molecular weight is 597 g/mol. The van der Waals surface area contributed by atoms with E-state index < -0.39 is 88.7 Å². The molecule has 0 aromatic heterocycles. The summed E-state index contributed by atoms with van der Waals surface area (Å²) in [5.74, 6) is -2.51. The van der Waals surface area contributed by atoms with Crippen molar-refractivity contribution in [2.45, 2.75) is 119 Å². The van der Waals surface area contributed by atoms with Crippen LogP contribution in [-0.4, -0.2) is 110 Å². The van der Waals surface area contributed by atoms with Crippen LogP contribution in [0.15, 0.2) is 11.6 Å². The largest absolute Gasteiger partial charge is 0.468 e. The maximum absolute atomic E-state index is 13.8. The Morgan fingerprint density at radius 1 is 1.00 bits per heavy atom. The summed E-state index contributed by atoms with van der Waals surface area (Å²) >= 11 is 0. The van der Waals surface area contributed by atoms with Crippen LogP contribution >= 0.6 is 0 Å². The molecule has 6 N–H and O–H groups in total. The van der Waals surface area contributed by atoms with E-state index in [1.54, 1.807) is 6.92 Å². The number of hydrogen-bond acceptors (Lipinski definition) is 12. The molecule has 12 heteroatoms. The van der Waals surface area contributed by atoms with E-state index in [0.29, 0.717) is 19.3 Å². The molecule has 0 aromatic carbocycles. The first-order chi connectivity index (χ1) is 19.7. The van der Waals surface area contributed by atoms with Gasteiger partial charge >= 0.3 is 11.9 Å². The number of rotatable bonds is 4. The molecule has 0 radical (unpaired) electrons. The summed E-state index contributed by atoms with van der Waals surface area (Å²) in [7, 11) is 1.26. The standard InChI is InChI=1S/C30H44O12/c1-14-22(33)23(34)24(35)25(41-14)42-16-4-8-29(26(36)39-3)21-18(5-7-28(29,37)11-16)30(38)9-6-17(15-10-20(32)40-13-15)27(30,2)12-19(21)31/h10,14,16-19,21-25,31,33-35,37-38H,4-9,11-13H2,1-3H3. The Kier molecular flexibility index (Phi) is 7.38. The Morgan fingerprint density at radius 2 is 1.74 bits per heavy atom. The third kappa shape index (κ3) is 4.02. The second-order valence-electron chi connectivity index (χ2n) is 13.9. The summed E-state index contributed by atoms with van der Waals surface area (Å²) < 4.78 is 22.1. The van der Waals surface area contributed by atoms with Gasteiger partial charge in [0, 0.05) is 23.8 Å². The van der Waals surface area contributed by atoms with E-state index >= 15 is 0 Å². The van der Waals surface area contributed by atoms with E-state index in [4.69, 9.17) is 18.9 Å². The van der Waals surface area contributed by atoms with Gasteiger partial charge in [-0.2, -0.15) is 0 Å². The highest BCUT2D eigenvalue weighted by Gasteiger charge is 2.76. The van der Waals surface area contributed by atoms with Gasteiger partial charge in [-0.1, -0.05) is 6.92 Å². The van der Waals surface area contributed by atoms with Crippen LogP contribution in [-0.2, 0) is 28.5 Å². The van der Waals surface area contributed by atoms with Gasteiger partial charge in [0.2, 0.25) is 0 Å². The third-order valence-electron chi connectivity index (χ3n) is 12.2. The number of cyclic esters (lactones) is 1. The molecule has 6 aliphatic rings. The molecule has 42 heavy (non-hydrogen) atoms. The summed E-state index contributed by atoms with van der Waals surface area (Å²) in [6.07, 6.45) is -4.44. The fourth-order valence-electron chi connectivity index (χ4n) is 10.1. The maximum atomic E-state index is 13.8. The van der Waals surface area contributed by atoms with E-state index in [-0.39, 0.29) is 44.6 Å². The van der Waals surface area contributed by atoms with Gasteiger partial charge in [-0.25, -0.2) is 4.79 Å². The Balaban J connectivity index is 1.30. The van der Waals surface area contributed by atoms with Crippen LogP contribution in [0.5, 0.6) is 0 Å². The molecule has 5 fully saturated rings. The van der Waals surface area contributed by atoms with Crippen LogP contribution in [0.3, 0.4) is 0 Å². The van der Waals surface area contributed by atoms with Gasteiger partial charge in [-0.05, 0) is 69.3 Å². The first-order valence-electron chi connectivity index (χ1n) is 15.2. The summed E-state index contributed by atoms with van der Waals surface area (Å²) in [5, 5.41) is 67.4. The highest BCUT2D eigenvalue weighted by atomic mass is 16.7. The van der Waals surface area contributed by atoms with Gasteiger partial charge in [-0.3, -0.25) is 4.79 Å². The molecule has 14 atom stereocenters. The van der Waals surface area contributed by atoms with Crippen molar-refractivity contribution in [1.29, 1.82) is 0 Å². The zero-order valence-electron chi connectivity index (χ0n) is 24.3. The molecule has 0 bridgehead atoms. The smallest absolute Gasteiger partial charge is 0.331 e. The predicted molar refractivity (Wildman–Crippen MR) is 142 cm³/mol. The van der Waals surface area contributed by atoms with E-state index in [1.165, 1.54) is 13.2 Å². The second kappa shape index (κ2) is 10.2. The SMILES string of the molecule is COC(=O)C12CCC(OC3OC(C)C(O)C(O)C3O)CC1(O)CCC1C2C(O)CC2(C)C(C3=CC(=O)OC3)CCC12O. The molecule has 0 spiro atoms. The molecule has 12 nitrogen and oxygen atoms in total. The monoisotopic (exact) mass is 596 g/mol. The molecule has 2 aliphatic heterocycles. The highest BCUT2D eigenvalue weighted by molar-refractivity contribution is 5.85. The third-order valence-corrected chi connectivity index (χ3v) is 12.2. The number of esters is 2. The molecular formula is C30H44O12. The van der Waals surface area contributed by atoms with Crippen molar-refractivity contribution in [3.8, 4) is 0 Å². The van der Waals surface area contributed by atoms with Gasteiger partial charge in [0.1, 0.15) is 30.3 Å². The quantitative estimate of drug-likeness (QED) is 0.184. The normalized spacial score (nSPS) is 53.8. The van der Waals surface area contributed by atoms with Crippen LogP contribution < -0.4 is 0 Å². The molecule has 2 heterocycles. The van der Waals surface area contributed by atoms with Crippen molar-refractivity contribution >= 4 is 11.9 Å². The minimum atomic E-state index is -1.65. The van der Waals surface area contributed by atoms with Crippen LogP contribution in [0.4, 0.5) is 0 Å². The van der Waals surface area contributed by atoms with E-state index in [9.17, 15) is 40.2 Å². The van der Waals surface area contributed by atoms with Crippen molar-refractivity contribution in [2.24, 2.45) is 28.6 Å². The number of carbonyl (C=O) groups excluding carboxylic acids is 2. The van der Waals surface area contributed by atoms with Crippen LogP contribution in [0.1, 0.15) is 65.2 Å². The van der Waals surface area contributed by atoms with Crippen molar-refractivity contribution in [3.05, 3.63) is 11.6 Å². The lowest BCUT2D eigenvalue weighted by Crippen LogP contribution is -2.73. The lowest BCUT2D eigenvalue weighted by atomic mass is 9.40. The minimum absolute atomic E-state index is 0.0116. The first kappa shape index (κ1) is 30.4. The lowest BCUT2D eigenvalue weighted by Gasteiger charge is -2.66. The lowest BCUT2D eigenvalue weighted by molar-refractivity contribution is -0.322. The van der Waals surface area contributed by atoms with Crippen molar-refractivity contribution in [2.75, 3.05) is 13.7 Å². The van der Waals surface area contributed by atoms with Gasteiger partial charge < -0.3 is 49.6 Å². The fourth-order valence-corrected chi connectivity index (χ4v) is 10.1. The fraction of sp³-hybridized carbons (Fsp3) is 0.867. The molecule has 236 valence electrons. The van der Waals surface area contributed by atoms with Gasteiger partial charge in [-0.15, -0.1) is 0 Å². The highest BCUT2D eigenvalue weighted by Crippen LogP contribution is 2.71. The maximum Gasteiger partial charge on any atom is 0.331 e. The Bertz CT molecular complexity index is 1140. The summed E-state index contributed by atoms with van der Waals surface area (Å²) in [5.41, 5.74) is -4.37.